The molecule has 0 radical (unpaired) electrons. The number of aromatic nitrogens is 1. The van der Waals surface area contributed by atoms with Crippen molar-refractivity contribution < 1.29 is 19.1 Å². The average molecular weight is 568 g/mol. The Hall–Kier alpha value is -4.23. The second-order valence-electron chi connectivity index (χ2n) is 12.1. The quantitative estimate of drug-likeness (QED) is 0.211. The molecule has 0 fully saturated rings. The molecule has 0 spiro atoms. The zero-order chi connectivity index (χ0) is 30.4. The summed E-state index contributed by atoms with van der Waals surface area (Å²) in [5, 5.41) is 1.84. The van der Waals surface area contributed by atoms with Gasteiger partial charge in [0.2, 0.25) is 11.8 Å². The monoisotopic (exact) mass is 567 g/mol. The van der Waals surface area contributed by atoms with Crippen LogP contribution in [0.5, 0.6) is 5.75 Å². The van der Waals surface area contributed by atoms with Crippen LogP contribution < -0.4 is 9.64 Å². The van der Waals surface area contributed by atoms with Crippen molar-refractivity contribution in [1.82, 2.24) is 9.88 Å². The fraction of sp³-hybridized carbons (Fsp3) is 0.343. The lowest BCUT2D eigenvalue weighted by Gasteiger charge is -2.27. The summed E-state index contributed by atoms with van der Waals surface area (Å²) >= 11 is 0. The van der Waals surface area contributed by atoms with Gasteiger partial charge in [-0.1, -0.05) is 63.2 Å². The zero-order valence-electron chi connectivity index (χ0n) is 25.7. The molecular formula is C35H41N3O4. The summed E-state index contributed by atoms with van der Waals surface area (Å²) in [4.78, 5) is 33.6. The van der Waals surface area contributed by atoms with E-state index in [1.807, 2.05) is 37.3 Å². The van der Waals surface area contributed by atoms with Gasteiger partial charge in [0.1, 0.15) is 18.2 Å². The highest BCUT2D eigenvalue weighted by molar-refractivity contribution is 6.02. The van der Waals surface area contributed by atoms with E-state index in [9.17, 15) is 9.59 Å². The van der Waals surface area contributed by atoms with Gasteiger partial charge < -0.3 is 14.4 Å². The Morgan fingerprint density at radius 2 is 1.55 bits per heavy atom. The number of nitrogens with zero attached hydrogens (tertiary/aromatic N) is 3. The van der Waals surface area contributed by atoms with Crippen LogP contribution in [0.25, 0.3) is 21.9 Å². The summed E-state index contributed by atoms with van der Waals surface area (Å²) < 4.78 is 11.0. The van der Waals surface area contributed by atoms with Crippen LogP contribution in [0, 0.1) is 12.3 Å². The second-order valence-corrected chi connectivity index (χ2v) is 12.1. The standard InChI is InChI=1S/C35H41N3O4/c1-24-18-28(13-15-31(24)41-7)27-11-8-25(9-12-27)21-38(32(39)20-35(2,3)4)34-30-14-10-26(19-29(30)16-17-36-34)22-42-23-33(40)37(5)6/h8-19H,20-23H2,1-7H3. The summed E-state index contributed by atoms with van der Waals surface area (Å²) in [6, 6.07) is 22.4. The van der Waals surface area contributed by atoms with E-state index >= 15 is 0 Å². The van der Waals surface area contributed by atoms with E-state index in [1.54, 1.807) is 32.3 Å². The van der Waals surface area contributed by atoms with Crippen molar-refractivity contribution in [3.63, 3.8) is 0 Å². The molecule has 0 aliphatic heterocycles. The molecule has 4 aromatic rings. The first kappa shape index (κ1) is 30.7. The molecular weight excluding hydrogens is 526 g/mol. The minimum Gasteiger partial charge on any atom is -0.496 e. The van der Waals surface area contributed by atoms with Crippen LogP contribution in [-0.2, 0) is 27.5 Å². The molecule has 7 heteroatoms. The largest absolute Gasteiger partial charge is 0.496 e. The van der Waals surface area contributed by atoms with E-state index in [0.29, 0.717) is 25.4 Å². The van der Waals surface area contributed by atoms with E-state index in [-0.39, 0.29) is 23.8 Å². The minimum atomic E-state index is -0.176. The normalized spacial score (nSPS) is 11.4. The summed E-state index contributed by atoms with van der Waals surface area (Å²) in [7, 11) is 5.09. The van der Waals surface area contributed by atoms with E-state index in [1.165, 1.54) is 4.90 Å². The highest BCUT2D eigenvalue weighted by Gasteiger charge is 2.25. The third-order valence-electron chi connectivity index (χ3n) is 7.06. The SMILES string of the molecule is COc1ccc(-c2ccc(CN(C(=O)CC(C)(C)C)c3nccc4cc(COCC(=O)N(C)C)ccc34)cc2)cc1C. The first-order valence-electron chi connectivity index (χ1n) is 14.1. The summed E-state index contributed by atoms with van der Waals surface area (Å²) in [5.41, 5.74) is 5.08. The molecule has 0 bridgehead atoms. The van der Waals surface area contributed by atoms with E-state index in [0.717, 1.165) is 44.3 Å². The number of carbonyl (C=O) groups is 2. The van der Waals surface area contributed by atoms with E-state index < -0.39 is 0 Å². The van der Waals surface area contributed by atoms with Crippen LogP contribution in [0.15, 0.2) is 72.9 Å². The molecule has 220 valence electrons. The van der Waals surface area contributed by atoms with Crippen molar-refractivity contribution in [1.29, 1.82) is 0 Å². The Morgan fingerprint density at radius 1 is 0.857 bits per heavy atom. The van der Waals surface area contributed by atoms with Crippen LogP contribution in [0.4, 0.5) is 5.82 Å². The fourth-order valence-corrected chi connectivity index (χ4v) is 4.78. The summed E-state index contributed by atoms with van der Waals surface area (Å²) in [5.74, 6) is 1.44. The number of methoxy groups -OCH3 is 1. The van der Waals surface area contributed by atoms with Gasteiger partial charge >= 0.3 is 0 Å². The number of amides is 2. The van der Waals surface area contributed by atoms with Gasteiger partial charge in [0, 0.05) is 32.1 Å². The Balaban J connectivity index is 1.61. The Morgan fingerprint density at radius 3 is 2.19 bits per heavy atom. The number of pyridine rings is 1. The van der Waals surface area contributed by atoms with Crippen molar-refractivity contribution in [2.45, 2.75) is 47.3 Å². The molecule has 0 atom stereocenters. The van der Waals surface area contributed by atoms with E-state index in [2.05, 4.69) is 57.2 Å². The minimum absolute atomic E-state index is 0.0203. The Labute approximate surface area is 249 Å². The van der Waals surface area contributed by atoms with Crippen LogP contribution in [-0.4, -0.2) is 49.5 Å². The van der Waals surface area contributed by atoms with Gasteiger partial charge in [0.05, 0.1) is 20.3 Å². The predicted octanol–water partition coefficient (Wildman–Crippen LogP) is 6.79. The van der Waals surface area contributed by atoms with Gasteiger partial charge in [0.15, 0.2) is 0 Å². The molecule has 0 saturated carbocycles. The highest BCUT2D eigenvalue weighted by Crippen LogP contribution is 2.31. The maximum atomic E-state index is 13.7. The molecule has 42 heavy (non-hydrogen) atoms. The Bertz CT molecular complexity index is 1560. The summed E-state index contributed by atoms with van der Waals surface area (Å²) in [6.45, 7) is 8.99. The molecule has 0 aliphatic carbocycles. The van der Waals surface area contributed by atoms with Crippen LogP contribution >= 0.6 is 0 Å². The van der Waals surface area contributed by atoms with E-state index in [4.69, 9.17) is 14.5 Å². The van der Waals surface area contributed by atoms with Crippen molar-refractivity contribution in [3.05, 3.63) is 89.6 Å². The van der Waals surface area contributed by atoms with Crippen molar-refractivity contribution in [2.24, 2.45) is 5.41 Å². The third kappa shape index (κ3) is 7.74. The smallest absolute Gasteiger partial charge is 0.248 e. The number of hydrogen-bond donors (Lipinski definition) is 0. The number of carbonyl (C=O) groups excluding carboxylic acids is 2. The molecule has 0 saturated heterocycles. The van der Waals surface area contributed by atoms with Gasteiger partial charge in [-0.2, -0.15) is 0 Å². The zero-order valence-corrected chi connectivity index (χ0v) is 25.7. The highest BCUT2D eigenvalue weighted by atomic mass is 16.5. The molecule has 4 rings (SSSR count). The van der Waals surface area contributed by atoms with Crippen molar-refractivity contribution >= 4 is 28.4 Å². The molecule has 1 aromatic heterocycles. The van der Waals surface area contributed by atoms with Crippen LogP contribution in [0.2, 0.25) is 0 Å². The van der Waals surface area contributed by atoms with Gasteiger partial charge in [-0.25, -0.2) is 4.98 Å². The number of benzene rings is 3. The molecule has 2 amide bonds. The number of aryl methyl sites for hydroxylation is 1. The lowest BCUT2D eigenvalue weighted by Crippen LogP contribution is -2.34. The maximum absolute atomic E-state index is 13.7. The molecule has 3 aromatic carbocycles. The molecule has 7 nitrogen and oxygen atoms in total. The van der Waals surface area contributed by atoms with Crippen LogP contribution in [0.1, 0.15) is 43.9 Å². The van der Waals surface area contributed by atoms with Gasteiger partial charge in [0.25, 0.3) is 0 Å². The topological polar surface area (TPSA) is 72.0 Å². The number of anilines is 1. The van der Waals surface area contributed by atoms with Gasteiger partial charge in [-0.05, 0) is 69.8 Å². The summed E-state index contributed by atoms with van der Waals surface area (Å²) in [6.07, 6.45) is 2.13. The van der Waals surface area contributed by atoms with Crippen LogP contribution in [0.3, 0.4) is 0 Å². The van der Waals surface area contributed by atoms with Gasteiger partial charge in [-0.15, -0.1) is 0 Å². The Kier molecular flexibility index (Phi) is 9.63. The number of likely N-dealkylation sites (N-methyl/N-ethyl adjacent to an activating group) is 1. The second kappa shape index (κ2) is 13.2. The molecule has 0 unspecified atom stereocenters. The first-order valence-corrected chi connectivity index (χ1v) is 14.1. The lowest BCUT2D eigenvalue weighted by molar-refractivity contribution is -0.134. The number of fused-ring (bicyclic) bond motifs is 1. The van der Waals surface area contributed by atoms with Crippen molar-refractivity contribution in [3.8, 4) is 16.9 Å². The number of rotatable bonds is 10. The third-order valence-corrected chi connectivity index (χ3v) is 7.06. The fourth-order valence-electron chi connectivity index (χ4n) is 4.78. The molecule has 0 N–H and O–H groups in total. The van der Waals surface area contributed by atoms with Crippen molar-refractivity contribution in [2.75, 3.05) is 32.7 Å². The lowest BCUT2D eigenvalue weighted by atomic mass is 9.91. The molecule has 0 aliphatic rings. The van der Waals surface area contributed by atoms with Gasteiger partial charge in [-0.3, -0.25) is 14.5 Å². The first-order chi connectivity index (χ1) is 19.9. The average Bonchev–Trinajstić information content (AvgIpc) is 2.94. The maximum Gasteiger partial charge on any atom is 0.248 e. The number of ether oxygens (including phenoxy) is 2. The predicted molar refractivity (Wildman–Crippen MR) is 169 cm³/mol. The molecule has 1 heterocycles. The number of hydrogen-bond acceptors (Lipinski definition) is 5.